The Kier molecular flexibility index (Phi) is 4.23. The molecule has 0 saturated carbocycles. The van der Waals surface area contributed by atoms with Crippen molar-refractivity contribution >= 4 is 42.7 Å². The highest BCUT2D eigenvalue weighted by Crippen LogP contribution is 2.25. The van der Waals surface area contributed by atoms with Gasteiger partial charge in [-0.05, 0) is 41.1 Å². The van der Waals surface area contributed by atoms with Gasteiger partial charge in [0, 0.05) is 24.8 Å². The summed E-state index contributed by atoms with van der Waals surface area (Å²) in [5.41, 5.74) is 2.38. The molecular weight excluding hydrogens is 432 g/mol. The Morgan fingerprint density at radius 1 is 1.19 bits per heavy atom. The average Bonchev–Trinajstić information content (AvgIpc) is 3.18. The van der Waals surface area contributed by atoms with Gasteiger partial charge in [-0.25, -0.2) is 18.1 Å². The number of sulfonamides is 1. The van der Waals surface area contributed by atoms with Crippen molar-refractivity contribution in [2.45, 2.75) is 11.8 Å². The van der Waals surface area contributed by atoms with Crippen molar-refractivity contribution in [2.24, 2.45) is 7.05 Å². The Morgan fingerprint density at radius 2 is 1.96 bits per heavy atom. The Labute approximate surface area is 164 Å². The first-order valence-electron chi connectivity index (χ1n) is 7.97. The summed E-state index contributed by atoms with van der Waals surface area (Å²) >= 11 is 3.35. The summed E-state index contributed by atoms with van der Waals surface area (Å²) < 4.78 is 32.5. The third-order valence-electron chi connectivity index (χ3n) is 4.09. The van der Waals surface area contributed by atoms with Gasteiger partial charge in [0.25, 0.3) is 10.0 Å². The lowest BCUT2D eigenvalue weighted by atomic mass is 10.3. The molecule has 0 radical (unpaired) electrons. The van der Waals surface area contributed by atoms with Gasteiger partial charge in [-0.3, -0.25) is 9.40 Å². The van der Waals surface area contributed by atoms with Gasteiger partial charge in [-0.2, -0.15) is 10.2 Å². The van der Waals surface area contributed by atoms with Gasteiger partial charge in [0.05, 0.1) is 27.7 Å². The zero-order chi connectivity index (χ0) is 19.2. The van der Waals surface area contributed by atoms with Crippen LogP contribution in [-0.4, -0.2) is 33.0 Å². The molecule has 1 N–H and O–H groups in total. The third-order valence-corrected chi connectivity index (χ3v) is 5.84. The molecule has 3 aromatic heterocycles. The van der Waals surface area contributed by atoms with E-state index in [4.69, 9.17) is 0 Å². The number of aryl methyl sites for hydroxylation is 2. The van der Waals surface area contributed by atoms with E-state index in [9.17, 15) is 8.42 Å². The van der Waals surface area contributed by atoms with Crippen molar-refractivity contribution in [3.63, 3.8) is 0 Å². The van der Waals surface area contributed by atoms with E-state index >= 15 is 0 Å². The molecular formula is C17H15BrN6O2S. The number of pyridine rings is 1. The van der Waals surface area contributed by atoms with Crippen LogP contribution in [0.3, 0.4) is 0 Å². The Hall–Kier alpha value is -2.72. The van der Waals surface area contributed by atoms with Gasteiger partial charge in [0.2, 0.25) is 0 Å². The molecule has 3 heterocycles. The summed E-state index contributed by atoms with van der Waals surface area (Å²) in [5, 5.41) is 9.19. The predicted molar refractivity (Wildman–Crippen MR) is 105 cm³/mol. The molecule has 0 amide bonds. The quantitative estimate of drug-likeness (QED) is 0.519. The fourth-order valence-corrected chi connectivity index (χ4v) is 4.16. The topological polar surface area (TPSA) is 94.7 Å². The number of halogens is 1. The lowest BCUT2D eigenvalue weighted by molar-refractivity contribution is 0.601. The van der Waals surface area contributed by atoms with Crippen molar-refractivity contribution in [1.82, 2.24) is 24.5 Å². The molecule has 0 fully saturated rings. The Balaban J connectivity index is 1.76. The molecule has 0 bridgehead atoms. The number of hydrogen-bond acceptors (Lipinski definition) is 5. The van der Waals surface area contributed by atoms with Crippen molar-refractivity contribution in [3.8, 4) is 5.69 Å². The molecule has 10 heteroatoms. The molecule has 0 aliphatic rings. The summed E-state index contributed by atoms with van der Waals surface area (Å²) in [6.45, 7) is 1.82. The van der Waals surface area contributed by atoms with Crippen molar-refractivity contribution in [1.29, 1.82) is 0 Å². The SMILES string of the molecule is Cc1nn(C)c2ncc(S(=O)(=O)Nc3ccccc3-n3cc(Br)cn3)cc12. The molecule has 0 unspecified atom stereocenters. The van der Waals surface area contributed by atoms with Crippen molar-refractivity contribution < 1.29 is 8.42 Å². The van der Waals surface area contributed by atoms with E-state index < -0.39 is 10.0 Å². The van der Waals surface area contributed by atoms with E-state index in [2.05, 4.69) is 35.8 Å². The number of nitrogens with one attached hydrogen (secondary N) is 1. The molecule has 1 aromatic carbocycles. The van der Waals surface area contributed by atoms with E-state index in [0.29, 0.717) is 22.4 Å². The summed E-state index contributed by atoms with van der Waals surface area (Å²) in [7, 11) is -2.07. The van der Waals surface area contributed by atoms with Gasteiger partial charge in [0.1, 0.15) is 4.90 Å². The zero-order valence-electron chi connectivity index (χ0n) is 14.5. The Morgan fingerprint density at radius 3 is 2.70 bits per heavy atom. The molecule has 27 heavy (non-hydrogen) atoms. The third kappa shape index (κ3) is 3.21. The molecule has 138 valence electrons. The second kappa shape index (κ2) is 6.46. The van der Waals surface area contributed by atoms with Crippen LogP contribution in [-0.2, 0) is 17.1 Å². The average molecular weight is 447 g/mol. The second-order valence-corrected chi connectivity index (χ2v) is 8.58. The lowest BCUT2D eigenvalue weighted by Crippen LogP contribution is -2.15. The smallest absolute Gasteiger partial charge is 0.263 e. The minimum Gasteiger partial charge on any atom is -0.277 e. The highest BCUT2D eigenvalue weighted by molar-refractivity contribution is 9.10. The molecule has 4 aromatic rings. The molecule has 4 rings (SSSR count). The van der Waals surface area contributed by atoms with Crippen LogP contribution in [0.15, 0.2) is 58.3 Å². The molecule has 0 aliphatic heterocycles. The number of aromatic nitrogens is 5. The number of fused-ring (bicyclic) bond motifs is 1. The van der Waals surface area contributed by atoms with Crippen molar-refractivity contribution in [2.75, 3.05) is 4.72 Å². The summed E-state index contributed by atoms with van der Waals surface area (Å²) in [4.78, 5) is 4.32. The minimum absolute atomic E-state index is 0.0718. The van der Waals surface area contributed by atoms with E-state index in [1.807, 2.05) is 13.0 Å². The fourth-order valence-electron chi connectivity index (χ4n) is 2.83. The van der Waals surface area contributed by atoms with Crippen LogP contribution < -0.4 is 4.72 Å². The normalized spacial score (nSPS) is 11.8. The van der Waals surface area contributed by atoms with E-state index in [1.54, 1.807) is 53.1 Å². The first kappa shape index (κ1) is 17.7. The molecule has 0 aliphatic carbocycles. The van der Waals surface area contributed by atoms with Crippen LogP contribution in [0.25, 0.3) is 16.7 Å². The number of hydrogen-bond donors (Lipinski definition) is 1. The van der Waals surface area contributed by atoms with Crippen LogP contribution >= 0.6 is 15.9 Å². The van der Waals surface area contributed by atoms with Crippen molar-refractivity contribution in [3.05, 3.63) is 59.1 Å². The van der Waals surface area contributed by atoms with Crippen LogP contribution in [0.5, 0.6) is 0 Å². The maximum absolute atomic E-state index is 12.9. The first-order valence-corrected chi connectivity index (χ1v) is 10.2. The maximum atomic E-state index is 12.9. The predicted octanol–water partition coefficient (Wildman–Crippen LogP) is 3.03. The standard InChI is InChI=1S/C17H15BrN6O2S/c1-11-14-7-13(9-19-17(14)23(2)21-11)27(25,26)22-15-5-3-4-6-16(15)24-10-12(18)8-20-24/h3-10,22H,1-2H3. The van der Waals surface area contributed by atoms with Crippen LogP contribution in [0, 0.1) is 6.92 Å². The number of rotatable bonds is 4. The number of nitrogens with zero attached hydrogens (tertiary/aromatic N) is 5. The summed E-state index contributed by atoms with van der Waals surface area (Å²) in [6.07, 6.45) is 4.72. The van der Waals surface area contributed by atoms with E-state index in [1.165, 1.54) is 6.20 Å². The van der Waals surface area contributed by atoms with Crippen LogP contribution in [0.1, 0.15) is 5.69 Å². The van der Waals surface area contributed by atoms with E-state index in [-0.39, 0.29) is 4.90 Å². The number of para-hydroxylation sites is 2. The van der Waals surface area contributed by atoms with E-state index in [0.717, 1.165) is 10.2 Å². The largest absolute Gasteiger partial charge is 0.277 e. The minimum atomic E-state index is -3.84. The van der Waals surface area contributed by atoms with Crippen LogP contribution in [0.4, 0.5) is 5.69 Å². The van der Waals surface area contributed by atoms with Gasteiger partial charge in [-0.15, -0.1) is 0 Å². The van der Waals surface area contributed by atoms with Gasteiger partial charge >= 0.3 is 0 Å². The highest BCUT2D eigenvalue weighted by atomic mass is 79.9. The Bertz CT molecular complexity index is 1260. The number of anilines is 1. The summed E-state index contributed by atoms with van der Waals surface area (Å²) in [6, 6.07) is 8.62. The fraction of sp³-hybridized carbons (Fsp3) is 0.118. The monoisotopic (exact) mass is 446 g/mol. The molecule has 0 atom stereocenters. The lowest BCUT2D eigenvalue weighted by Gasteiger charge is -2.12. The molecule has 0 spiro atoms. The number of benzene rings is 1. The first-order chi connectivity index (χ1) is 12.8. The van der Waals surface area contributed by atoms with Gasteiger partial charge in [0.15, 0.2) is 5.65 Å². The highest BCUT2D eigenvalue weighted by Gasteiger charge is 2.19. The van der Waals surface area contributed by atoms with Gasteiger partial charge in [-0.1, -0.05) is 12.1 Å². The second-order valence-electron chi connectivity index (χ2n) is 5.98. The zero-order valence-corrected chi connectivity index (χ0v) is 16.9. The molecule has 0 saturated heterocycles. The van der Waals surface area contributed by atoms with Crippen LogP contribution in [0.2, 0.25) is 0 Å². The molecule has 8 nitrogen and oxygen atoms in total. The maximum Gasteiger partial charge on any atom is 0.263 e. The van der Waals surface area contributed by atoms with Gasteiger partial charge < -0.3 is 0 Å². The summed E-state index contributed by atoms with van der Waals surface area (Å²) in [5.74, 6) is 0.